The van der Waals surface area contributed by atoms with E-state index in [0.717, 1.165) is 24.0 Å². The van der Waals surface area contributed by atoms with E-state index in [4.69, 9.17) is 18.6 Å². The van der Waals surface area contributed by atoms with Crippen LogP contribution in [0, 0.1) is 0 Å². The summed E-state index contributed by atoms with van der Waals surface area (Å²) in [6.45, 7) is 4.46. The molecule has 0 aliphatic rings. The van der Waals surface area contributed by atoms with Crippen LogP contribution in [0.15, 0.2) is 42.5 Å². The summed E-state index contributed by atoms with van der Waals surface area (Å²) in [7, 11) is 9.78. The van der Waals surface area contributed by atoms with E-state index in [1.807, 2.05) is 24.3 Å². The standard InChI is InChI=1S/C22H30O.2ClH.Ti/c1-3-5-8-12-18-16-20(15-9-6-4-2)22(21(23)17-18)19-13-10-7-11-14-19;;;/h7,10-11,13-14,16-17,23H,3-6,8-9,12,15H2,1-2H3;2*1H;/q;;;+2/p-2. The van der Waals surface area contributed by atoms with E-state index in [1.54, 1.807) is 0 Å². The van der Waals surface area contributed by atoms with Gasteiger partial charge in [0.2, 0.25) is 0 Å². The van der Waals surface area contributed by atoms with Crippen LogP contribution in [0.2, 0.25) is 0 Å². The van der Waals surface area contributed by atoms with Crippen LogP contribution >= 0.6 is 18.6 Å². The predicted molar refractivity (Wildman–Crippen MR) is 112 cm³/mol. The molecule has 0 aliphatic carbocycles. The van der Waals surface area contributed by atoms with Crippen molar-refractivity contribution in [2.45, 2.75) is 65.2 Å². The summed E-state index contributed by atoms with van der Waals surface area (Å²) < 4.78 is 0. The Balaban J connectivity index is 0.00000105. The minimum absolute atomic E-state index is 0.441. The van der Waals surface area contributed by atoms with Crippen LogP contribution < -0.4 is 0 Å². The second kappa shape index (κ2) is 14.6. The molecule has 0 fully saturated rings. The topological polar surface area (TPSA) is 20.2 Å². The molecular formula is C22H30Cl2OTi. The molecule has 1 nitrogen and oxygen atoms in total. The third kappa shape index (κ3) is 8.48. The Kier molecular flexibility index (Phi) is 13.2. The summed E-state index contributed by atoms with van der Waals surface area (Å²) in [6, 6.07) is 14.6. The molecule has 0 saturated carbocycles. The molecule has 0 aromatic heterocycles. The quantitative estimate of drug-likeness (QED) is 0.317. The van der Waals surface area contributed by atoms with Gasteiger partial charge in [-0.15, -0.1) is 0 Å². The minimum atomic E-state index is -0.556. The van der Waals surface area contributed by atoms with Gasteiger partial charge in [0.1, 0.15) is 5.75 Å². The number of hydrogen-bond donors (Lipinski definition) is 1. The van der Waals surface area contributed by atoms with E-state index in [-0.39, 0.29) is 0 Å². The summed E-state index contributed by atoms with van der Waals surface area (Å²) in [5, 5.41) is 10.6. The molecule has 26 heavy (non-hydrogen) atoms. The normalized spacial score (nSPS) is 10.2. The van der Waals surface area contributed by atoms with Gasteiger partial charge in [0.15, 0.2) is 0 Å². The molecule has 0 heterocycles. The molecule has 0 unspecified atom stereocenters. The van der Waals surface area contributed by atoms with Gasteiger partial charge in [-0.3, -0.25) is 0 Å². The first kappa shape index (κ1) is 23.6. The Morgan fingerprint density at radius 2 is 1.42 bits per heavy atom. The van der Waals surface area contributed by atoms with Crippen LogP contribution in [0.1, 0.15) is 63.5 Å². The molecule has 0 radical (unpaired) electrons. The molecule has 2 aromatic rings. The van der Waals surface area contributed by atoms with Crippen LogP contribution in [0.4, 0.5) is 0 Å². The summed E-state index contributed by atoms with van der Waals surface area (Å²) >= 11 is -0.556. The van der Waals surface area contributed by atoms with Crippen molar-refractivity contribution in [2.24, 2.45) is 0 Å². The molecule has 0 aliphatic heterocycles. The van der Waals surface area contributed by atoms with Crippen LogP contribution in [-0.2, 0) is 29.9 Å². The average molecular weight is 429 g/mol. The van der Waals surface area contributed by atoms with Crippen molar-refractivity contribution in [3.8, 4) is 16.9 Å². The molecule has 2 aromatic carbocycles. The van der Waals surface area contributed by atoms with E-state index < -0.39 is 17.0 Å². The Morgan fingerprint density at radius 3 is 2.00 bits per heavy atom. The molecule has 0 spiro atoms. The number of aryl methyl sites for hydroxylation is 2. The number of benzene rings is 2. The maximum absolute atomic E-state index is 10.6. The van der Waals surface area contributed by atoms with Crippen molar-refractivity contribution in [3.63, 3.8) is 0 Å². The van der Waals surface area contributed by atoms with Gasteiger partial charge in [-0.1, -0.05) is 75.9 Å². The number of aromatic hydroxyl groups is 1. The van der Waals surface area contributed by atoms with E-state index in [0.29, 0.717) is 5.75 Å². The zero-order valence-electron chi connectivity index (χ0n) is 15.9. The van der Waals surface area contributed by atoms with Crippen LogP contribution in [0.5, 0.6) is 5.75 Å². The van der Waals surface area contributed by atoms with Gasteiger partial charge in [-0.2, -0.15) is 0 Å². The molecule has 0 amide bonds. The molecule has 142 valence electrons. The third-order valence-electron chi connectivity index (χ3n) is 4.44. The molecule has 1 N–H and O–H groups in total. The molecule has 4 heteroatoms. The number of hydrogen-bond acceptors (Lipinski definition) is 1. The molecule has 2 rings (SSSR count). The van der Waals surface area contributed by atoms with Crippen molar-refractivity contribution < 1.29 is 22.1 Å². The van der Waals surface area contributed by atoms with E-state index >= 15 is 0 Å². The molecular weight excluding hydrogens is 399 g/mol. The van der Waals surface area contributed by atoms with Gasteiger partial charge < -0.3 is 5.11 Å². The van der Waals surface area contributed by atoms with E-state index in [2.05, 4.69) is 32.0 Å². The Morgan fingerprint density at radius 1 is 0.846 bits per heavy atom. The first-order valence-electron chi connectivity index (χ1n) is 9.54. The first-order chi connectivity index (χ1) is 12.7. The SMILES string of the molecule is CCCCCc1cc(O)c(-c2ccccc2)c(CCCCC)c1.[Cl][Ti][Cl]. The fraction of sp³-hybridized carbons (Fsp3) is 0.455. The fourth-order valence-corrected chi connectivity index (χ4v) is 3.17. The second-order valence-corrected chi connectivity index (χ2v) is 9.08. The van der Waals surface area contributed by atoms with Gasteiger partial charge >= 0.3 is 35.6 Å². The predicted octanol–water partition coefficient (Wildman–Crippen LogP) is 7.90. The third-order valence-corrected chi connectivity index (χ3v) is 4.44. The van der Waals surface area contributed by atoms with Gasteiger partial charge in [0.25, 0.3) is 0 Å². The number of unbranched alkanes of at least 4 members (excludes halogenated alkanes) is 4. The number of phenolic OH excluding ortho intramolecular Hbond substituents is 1. The zero-order valence-corrected chi connectivity index (χ0v) is 19.0. The number of halogens is 2. The Labute approximate surface area is 175 Å². The van der Waals surface area contributed by atoms with Gasteiger partial charge in [-0.25, -0.2) is 0 Å². The zero-order chi connectivity index (χ0) is 19.2. The van der Waals surface area contributed by atoms with Crippen molar-refractivity contribution in [1.29, 1.82) is 0 Å². The maximum atomic E-state index is 10.6. The Bertz CT molecular complexity index is 617. The van der Waals surface area contributed by atoms with Crippen LogP contribution in [0.25, 0.3) is 11.1 Å². The molecule has 0 bridgehead atoms. The average Bonchev–Trinajstić information content (AvgIpc) is 2.63. The first-order valence-corrected chi connectivity index (χ1v) is 13.8. The summed E-state index contributed by atoms with van der Waals surface area (Å²) in [4.78, 5) is 0. The van der Waals surface area contributed by atoms with Crippen molar-refractivity contribution >= 4 is 18.6 Å². The van der Waals surface area contributed by atoms with Gasteiger partial charge in [0, 0.05) is 5.56 Å². The number of phenols is 1. The molecule has 0 atom stereocenters. The van der Waals surface area contributed by atoms with Crippen LogP contribution in [0.3, 0.4) is 0 Å². The fourth-order valence-electron chi connectivity index (χ4n) is 3.17. The molecule has 0 saturated heterocycles. The Hall–Kier alpha value is -0.466. The van der Waals surface area contributed by atoms with E-state index in [1.165, 1.54) is 49.7 Å². The van der Waals surface area contributed by atoms with Crippen molar-refractivity contribution in [1.82, 2.24) is 0 Å². The summed E-state index contributed by atoms with van der Waals surface area (Å²) in [5.41, 5.74) is 4.73. The summed E-state index contributed by atoms with van der Waals surface area (Å²) in [6.07, 6.45) is 9.47. The van der Waals surface area contributed by atoms with Gasteiger partial charge in [0.05, 0.1) is 0 Å². The van der Waals surface area contributed by atoms with Crippen molar-refractivity contribution in [2.75, 3.05) is 0 Å². The monoisotopic (exact) mass is 428 g/mol. The second-order valence-electron chi connectivity index (χ2n) is 6.50. The van der Waals surface area contributed by atoms with E-state index in [9.17, 15) is 5.11 Å². The number of rotatable bonds is 9. The summed E-state index contributed by atoms with van der Waals surface area (Å²) in [5.74, 6) is 0.441. The van der Waals surface area contributed by atoms with Crippen LogP contribution in [-0.4, -0.2) is 5.11 Å². The van der Waals surface area contributed by atoms with Gasteiger partial charge in [-0.05, 0) is 48.4 Å². The van der Waals surface area contributed by atoms with Crippen molar-refractivity contribution in [3.05, 3.63) is 53.6 Å².